The molecule has 0 radical (unpaired) electrons. The van der Waals surface area contributed by atoms with Gasteiger partial charge in [-0.1, -0.05) is 18.2 Å². The molecule has 7 nitrogen and oxygen atoms in total. The quantitative estimate of drug-likeness (QED) is 0.764. The fourth-order valence-corrected chi connectivity index (χ4v) is 3.62. The number of esters is 1. The fraction of sp³-hybridized carbons (Fsp3) is 0.391. The number of fused-ring (bicyclic) bond motifs is 1. The van der Waals surface area contributed by atoms with E-state index < -0.39 is 18.0 Å². The van der Waals surface area contributed by atoms with Crippen LogP contribution in [0.4, 0.5) is 11.4 Å². The molecule has 2 heterocycles. The average molecular weight is 410 g/mol. The standard InChI is InChI=1S/C23H26N2O5/c1-16(30-23(27)18-14-17-4-2-3-5-21(17)29-15-18)22(26)24-19-6-8-20(9-7-19)25-10-12-28-13-11-25/h2-9,16,18H,10-15H2,1H3,(H,24,26). The average Bonchev–Trinajstić information content (AvgIpc) is 2.79. The fourth-order valence-electron chi connectivity index (χ4n) is 3.62. The van der Waals surface area contributed by atoms with Crippen LogP contribution in [0.25, 0.3) is 0 Å². The Kier molecular flexibility index (Phi) is 6.18. The third kappa shape index (κ3) is 4.74. The minimum absolute atomic E-state index is 0.257. The number of carbonyl (C=O) groups excluding carboxylic acids is 2. The predicted octanol–water partition coefficient (Wildman–Crippen LogP) is 2.64. The van der Waals surface area contributed by atoms with Crippen molar-refractivity contribution in [2.45, 2.75) is 19.4 Å². The van der Waals surface area contributed by atoms with Gasteiger partial charge >= 0.3 is 5.97 Å². The Hall–Kier alpha value is -3.06. The second-order valence-corrected chi connectivity index (χ2v) is 7.53. The van der Waals surface area contributed by atoms with Crippen molar-refractivity contribution >= 4 is 23.3 Å². The Bertz CT molecular complexity index is 893. The highest BCUT2D eigenvalue weighted by atomic mass is 16.6. The number of ether oxygens (including phenoxy) is 3. The summed E-state index contributed by atoms with van der Waals surface area (Å²) in [5, 5.41) is 2.81. The van der Waals surface area contributed by atoms with Gasteiger partial charge in [0.25, 0.3) is 5.91 Å². The lowest BCUT2D eigenvalue weighted by molar-refractivity contribution is -0.158. The van der Waals surface area contributed by atoms with Gasteiger partial charge in [-0.05, 0) is 49.2 Å². The number of morpholine rings is 1. The van der Waals surface area contributed by atoms with Gasteiger partial charge in [-0.15, -0.1) is 0 Å². The molecule has 30 heavy (non-hydrogen) atoms. The third-order valence-electron chi connectivity index (χ3n) is 5.39. The number of benzene rings is 2. The van der Waals surface area contributed by atoms with Gasteiger partial charge in [0, 0.05) is 24.5 Å². The molecule has 0 saturated carbocycles. The summed E-state index contributed by atoms with van der Waals surface area (Å²) in [6, 6.07) is 15.3. The SMILES string of the molecule is CC(OC(=O)C1COc2ccccc2C1)C(=O)Nc1ccc(N2CCOCC2)cc1. The van der Waals surface area contributed by atoms with Gasteiger partial charge < -0.3 is 24.4 Å². The van der Waals surface area contributed by atoms with Crippen molar-refractivity contribution in [2.24, 2.45) is 5.92 Å². The normalized spacial score (nSPS) is 19.2. The Morgan fingerprint density at radius 3 is 2.60 bits per heavy atom. The van der Waals surface area contributed by atoms with Gasteiger partial charge in [-0.3, -0.25) is 9.59 Å². The lowest BCUT2D eigenvalue weighted by Crippen LogP contribution is -2.36. The monoisotopic (exact) mass is 410 g/mol. The van der Waals surface area contributed by atoms with E-state index in [1.165, 1.54) is 0 Å². The maximum absolute atomic E-state index is 12.5. The Morgan fingerprint density at radius 1 is 1.10 bits per heavy atom. The topological polar surface area (TPSA) is 77.1 Å². The summed E-state index contributed by atoms with van der Waals surface area (Å²) in [5.74, 6) is -0.398. The number of carbonyl (C=O) groups is 2. The summed E-state index contributed by atoms with van der Waals surface area (Å²) in [6.45, 7) is 4.99. The van der Waals surface area contributed by atoms with Gasteiger partial charge in [-0.25, -0.2) is 0 Å². The molecule has 158 valence electrons. The first kappa shape index (κ1) is 20.2. The highest BCUT2D eigenvalue weighted by Crippen LogP contribution is 2.27. The molecule has 4 rings (SSSR count). The van der Waals surface area contributed by atoms with Crippen LogP contribution >= 0.6 is 0 Å². The molecule has 1 N–H and O–H groups in total. The van der Waals surface area contributed by atoms with Crippen LogP contribution in [0.5, 0.6) is 5.75 Å². The van der Waals surface area contributed by atoms with Crippen LogP contribution in [0.1, 0.15) is 12.5 Å². The van der Waals surface area contributed by atoms with Crippen molar-refractivity contribution in [1.29, 1.82) is 0 Å². The van der Waals surface area contributed by atoms with E-state index in [0.29, 0.717) is 12.1 Å². The zero-order valence-corrected chi connectivity index (χ0v) is 17.0. The summed E-state index contributed by atoms with van der Waals surface area (Å²) in [4.78, 5) is 27.2. The van der Waals surface area contributed by atoms with Gasteiger partial charge in [0.05, 0.1) is 19.1 Å². The molecule has 2 aliphatic rings. The zero-order valence-electron chi connectivity index (χ0n) is 17.0. The highest BCUT2D eigenvalue weighted by molar-refractivity contribution is 5.95. The van der Waals surface area contributed by atoms with E-state index >= 15 is 0 Å². The molecule has 2 unspecified atom stereocenters. The largest absolute Gasteiger partial charge is 0.492 e. The molecular formula is C23H26N2O5. The van der Waals surface area contributed by atoms with E-state index in [9.17, 15) is 9.59 Å². The minimum atomic E-state index is -0.895. The van der Waals surface area contributed by atoms with E-state index in [-0.39, 0.29) is 12.5 Å². The van der Waals surface area contributed by atoms with Crippen molar-refractivity contribution in [2.75, 3.05) is 43.1 Å². The Morgan fingerprint density at radius 2 is 1.83 bits per heavy atom. The predicted molar refractivity (Wildman–Crippen MR) is 113 cm³/mol. The molecule has 2 atom stereocenters. The summed E-state index contributed by atoms with van der Waals surface area (Å²) in [5.41, 5.74) is 2.73. The van der Waals surface area contributed by atoms with E-state index in [4.69, 9.17) is 14.2 Å². The second kappa shape index (κ2) is 9.17. The molecule has 7 heteroatoms. The lowest BCUT2D eigenvalue weighted by atomic mass is 9.97. The molecule has 0 aliphatic carbocycles. The Balaban J connectivity index is 1.29. The summed E-state index contributed by atoms with van der Waals surface area (Å²) >= 11 is 0. The lowest BCUT2D eigenvalue weighted by Gasteiger charge is -2.29. The van der Waals surface area contributed by atoms with E-state index in [2.05, 4.69) is 10.2 Å². The maximum Gasteiger partial charge on any atom is 0.313 e. The number of nitrogens with zero attached hydrogens (tertiary/aromatic N) is 1. The smallest absolute Gasteiger partial charge is 0.313 e. The van der Waals surface area contributed by atoms with Gasteiger partial charge in [0.15, 0.2) is 6.10 Å². The molecule has 2 aromatic carbocycles. The number of para-hydroxylation sites is 1. The number of anilines is 2. The summed E-state index contributed by atoms with van der Waals surface area (Å²) in [7, 11) is 0. The molecule has 0 aromatic heterocycles. The summed E-state index contributed by atoms with van der Waals surface area (Å²) < 4.78 is 16.4. The number of hydrogen-bond acceptors (Lipinski definition) is 6. The van der Waals surface area contributed by atoms with Crippen LogP contribution < -0.4 is 15.0 Å². The van der Waals surface area contributed by atoms with Crippen LogP contribution in [0, 0.1) is 5.92 Å². The first-order chi connectivity index (χ1) is 14.6. The highest BCUT2D eigenvalue weighted by Gasteiger charge is 2.29. The number of nitrogens with one attached hydrogen (secondary N) is 1. The van der Waals surface area contributed by atoms with E-state index in [1.807, 2.05) is 48.5 Å². The molecule has 0 bridgehead atoms. The maximum atomic E-state index is 12.5. The number of hydrogen-bond donors (Lipinski definition) is 1. The van der Waals surface area contributed by atoms with Crippen molar-refractivity contribution in [3.8, 4) is 5.75 Å². The van der Waals surface area contributed by atoms with Crippen LogP contribution in [0.15, 0.2) is 48.5 Å². The van der Waals surface area contributed by atoms with Gasteiger partial charge in [0.2, 0.25) is 0 Å². The molecule has 0 spiro atoms. The first-order valence-corrected chi connectivity index (χ1v) is 10.2. The molecule has 2 aliphatic heterocycles. The van der Waals surface area contributed by atoms with Gasteiger partial charge in [-0.2, -0.15) is 0 Å². The van der Waals surface area contributed by atoms with Crippen molar-refractivity contribution in [3.05, 3.63) is 54.1 Å². The van der Waals surface area contributed by atoms with Crippen LogP contribution in [0.2, 0.25) is 0 Å². The van der Waals surface area contributed by atoms with Gasteiger partial charge in [0.1, 0.15) is 12.4 Å². The van der Waals surface area contributed by atoms with E-state index in [1.54, 1.807) is 6.92 Å². The summed E-state index contributed by atoms with van der Waals surface area (Å²) in [6.07, 6.45) is -0.347. The molecule has 1 saturated heterocycles. The molecular weight excluding hydrogens is 384 g/mol. The van der Waals surface area contributed by atoms with Crippen LogP contribution in [0.3, 0.4) is 0 Å². The number of rotatable bonds is 5. The molecule has 1 amide bonds. The molecule has 1 fully saturated rings. The molecule has 2 aromatic rings. The van der Waals surface area contributed by atoms with Crippen LogP contribution in [-0.2, 0) is 25.5 Å². The van der Waals surface area contributed by atoms with Crippen molar-refractivity contribution < 1.29 is 23.8 Å². The van der Waals surface area contributed by atoms with Crippen LogP contribution in [-0.4, -0.2) is 50.9 Å². The number of amides is 1. The van der Waals surface area contributed by atoms with Crippen molar-refractivity contribution in [3.63, 3.8) is 0 Å². The third-order valence-corrected chi connectivity index (χ3v) is 5.39. The second-order valence-electron chi connectivity index (χ2n) is 7.53. The first-order valence-electron chi connectivity index (χ1n) is 10.2. The minimum Gasteiger partial charge on any atom is -0.492 e. The Labute approximate surface area is 175 Å². The zero-order chi connectivity index (χ0) is 20.9. The van der Waals surface area contributed by atoms with E-state index in [0.717, 1.165) is 43.3 Å². The van der Waals surface area contributed by atoms with Crippen molar-refractivity contribution in [1.82, 2.24) is 0 Å².